The molecule has 0 aromatic heterocycles. The Morgan fingerprint density at radius 2 is 1.89 bits per heavy atom. The van der Waals surface area contributed by atoms with E-state index in [1.54, 1.807) is 6.07 Å². The number of allylic oxidation sites excluding steroid dienone is 3. The van der Waals surface area contributed by atoms with Crippen LogP contribution >= 0.6 is 23.2 Å². The first-order valence-corrected chi connectivity index (χ1v) is 13.3. The first-order chi connectivity index (χ1) is 16.6. The number of nitriles is 1. The highest BCUT2D eigenvalue weighted by atomic mass is 35.5. The molecule has 3 saturated carbocycles. The number of halogens is 2. The largest absolute Gasteiger partial charge is 0.393 e. The number of aliphatic hydroxyl groups is 1. The second-order valence-corrected chi connectivity index (χ2v) is 12.2. The average Bonchev–Trinajstić information content (AvgIpc) is 3.09. The zero-order valence-electron chi connectivity index (χ0n) is 20.3. The SMILES string of the molecule is C[C@]12CC[C@H](O)CC1=CC[C@@H]1[C@@H]2CC[C@]2(C)C(=C(\C#N)C(N)=O)/C(=C/c3ccc(Cl)c(Cl)c3)C[C@@H]12. The van der Waals surface area contributed by atoms with E-state index in [-0.39, 0.29) is 22.5 Å². The third-order valence-corrected chi connectivity index (χ3v) is 10.4. The fourth-order valence-corrected chi connectivity index (χ4v) is 8.28. The minimum atomic E-state index is -0.661. The highest BCUT2D eigenvalue weighted by Gasteiger charge is 2.59. The number of fused-ring (bicyclic) bond motifs is 5. The summed E-state index contributed by atoms with van der Waals surface area (Å²) in [5.74, 6) is 0.651. The standard InChI is InChI=1S/C29H32Cl2N2O2/c1-28-9-7-19(34)14-18(28)4-5-20-22(28)8-10-29(2)23(20)13-17(26(29)21(15-32)27(33)35)11-16-3-6-24(30)25(31)12-16/h3-4,6,11-12,19-20,22-23,34H,5,7-10,13-14H2,1-2H3,(H2,33,35)/b17-11+,26-21+/t19-,20+,22-,23-,28-,29-/m0/s1. The van der Waals surface area contributed by atoms with E-state index in [2.05, 4.69) is 32.1 Å². The molecule has 184 valence electrons. The quantitative estimate of drug-likeness (QED) is 0.266. The maximum atomic E-state index is 12.4. The molecule has 1 aromatic carbocycles. The second kappa shape index (κ2) is 8.80. The Hall–Kier alpha value is -2.06. The van der Waals surface area contributed by atoms with Crippen LogP contribution in [0.25, 0.3) is 6.08 Å². The van der Waals surface area contributed by atoms with Crippen molar-refractivity contribution in [2.75, 3.05) is 0 Å². The lowest BCUT2D eigenvalue weighted by atomic mass is 9.47. The molecule has 6 atom stereocenters. The number of nitrogens with two attached hydrogens (primary N) is 1. The Kier molecular flexibility index (Phi) is 6.19. The van der Waals surface area contributed by atoms with Crippen molar-refractivity contribution in [2.45, 2.75) is 64.9 Å². The van der Waals surface area contributed by atoms with Crippen molar-refractivity contribution in [2.24, 2.45) is 34.3 Å². The molecule has 4 aliphatic rings. The van der Waals surface area contributed by atoms with Crippen LogP contribution in [-0.2, 0) is 4.79 Å². The van der Waals surface area contributed by atoms with E-state index >= 15 is 0 Å². The van der Waals surface area contributed by atoms with Crippen molar-refractivity contribution in [3.8, 4) is 6.07 Å². The molecule has 4 aliphatic carbocycles. The molecule has 0 saturated heterocycles. The molecule has 5 rings (SSSR count). The van der Waals surface area contributed by atoms with Crippen molar-refractivity contribution in [1.82, 2.24) is 0 Å². The number of hydrogen-bond acceptors (Lipinski definition) is 3. The van der Waals surface area contributed by atoms with E-state index < -0.39 is 5.91 Å². The Balaban J connectivity index is 1.62. The van der Waals surface area contributed by atoms with Gasteiger partial charge in [-0.25, -0.2) is 0 Å². The van der Waals surface area contributed by atoms with Crippen molar-refractivity contribution < 1.29 is 9.90 Å². The zero-order chi connectivity index (χ0) is 25.1. The number of aliphatic hydroxyl groups excluding tert-OH is 1. The molecule has 0 bridgehead atoms. The number of hydrogen-bond donors (Lipinski definition) is 2. The molecule has 1 amide bonds. The summed E-state index contributed by atoms with van der Waals surface area (Å²) in [4.78, 5) is 12.4. The van der Waals surface area contributed by atoms with Crippen molar-refractivity contribution in [1.29, 1.82) is 5.26 Å². The molecule has 0 unspecified atom stereocenters. The molecule has 3 N–H and O–H groups in total. The summed E-state index contributed by atoms with van der Waals surface area (Å²) in [5.41, 5.74) is 9.80. The molecular formula is C29H32Cl2N2O2. The number of carbonyl (C=O) groups is 1. The van der Waals surface area contributed by atoms with Gasteiger partial charge in [-0.2, -0.15) is 5.26 Å². The van der Waals surface area contributed by atoms with E-state index in [0.29, 0.717) is 27.8 Å². The monoisotopic (exact) mass is 510 g/mol. The maximum Gasteiger partial charge on any atom is 0.259 e. The van der Waals surface area contributed by atoms with Gasteiger partial charge in [-0.15, -0.1) is 0 Å². The van der Waals surface area contributed by atoms with Gasteiger partial charge in [-0.1, -0.05) is 60.8 Å². The van der Waals surface area contributed by atoms with Crippen LogP contribution in [0.15, 0.2) is 46.6 Å². The summed E-state index contributed by atoms with van der Waals surface area (Å²) >= 11 is 12.4. The molecule has 1 aromatic rings. The van der Waals surface area contributed by atoms with Crippen molar-refractivity contribution >= 4 is 35.2 Å². The van der Waals surface area contributed by atoms with Gasteiger partial charge in [0.1, 0.15) is 11.6 Å². The number of carbonyl (C=O) groups excluding carboxylic acids is 1. The number of primary amides is 1. The van der Waals surface area contributed by atoms with Gasteiger partial charge in [0.15, 0.2) is 0 Å². The number of nitrogens with zero attached hydrogens (tertiary/aromatic N) is 1. The Morgan fingerprint density at radius 1 is 1.14 bits per heavy atom. The van der Waals surface area contributed by atoms with Gasteiger partial charge >= 0.3 is 0 Å². The van der Waals surface area contributed by atoms with E-state index in [1.807, 2.05) is 12.1 Å². The Morgan fingerprint density at radius 3 is 2.57 bits per heavy atom. The van der Waals surface area contributed by atoms with Crippen LogP contribution in [0.2, 0.25) is 10.0 Å². The lowest BCUT2D eigenvalue weighted by Gasteiger charge is -2.57. The number of rotatable bonds is 2. The molecule has 4 nitrogen and oxygen atoms in total. The molecule has 0 aliphatic heterocycles. The normalized spacial score (nSPS) is 38.6. The predicted molar refractivity (Wildman–Crippen MR) is 139 cm³/mol. The summed E-state index contributed by atoms with van der Waals surface area (Å²) in [6, 6.07) is 7.64. The minimum absolute atomic E-state index is 0.0822. The third kappa shape index (κ3) is 3.88. The second-order valence-electron chi connectivity index (χ2n) is 11.4. The molecular weight excluding hydrogens is 479 g/mol. The van der Waals surface area contributed by atoms with Gasteiger partial charge in [0.05, 0.1) is 16.1 Å². The van der Waals surface area contributed by atoms with Crippen LogP contribution in [-0.4, -0.2) is 17.1 Å². The van der Waals surface area contributed by atoms with Crippen LogP contribution in [0.3, 0.4) is 0 Å². The van der Waals surface area contributed by atoms with Gasteiger partial charge < -0.3 is 10.8 Å². The molecule has 35 heavy (non-hydrogen) atoms. The number of benzene rings is 1. The van der Waals surface area contributed by atoms with Crippen LogP contribution < -0.4 is 5.73 Å². The molecule has 6 heteroatoms. The summed E-state index contributed by atoms with van der Waals surface area (Å²) in [6.45, 7) is 4.62. The predicted octanol–water partition coefficient (Wildman–Crippen LogP) is 6.62. The highest BCUT2D eigenvalue weighted by molar-refractivity contribution is 6.42. The molecule has 0 spiro atoms. The number of amides is 1. The average molecular weight is 511 g/mol. The van der Waals surface area contributed by atoms with Crippen LogP contribution in [0, 0.1) is 39.9 Å². The third-order valence-electron chi connectivity index (χ3n) is 9.69. The van der Waals surface area contributed by atoms with Gasteiger partial charge in [-0.05, 0) is 102 Å². The molecule has 3 fully saturated rings. The van der Waals surface area contributed by atoms with E-state index in [1.165, 1.54) is 5.57 Å². The molecule has 0 heterocycles. The first kappa shape index (κ1) is 24.6. The Labute approximate surface area is 217 Å². The van der Waals surface area contributed by atoms with Crippen LogP contribution in [0.4, 0.5) is 0 Å². The first-order valence-electron chi connectivity index (χ1n) is 12.6. The lowest BCUT2D eigenvalue weighted by Crippen LogP contribution is -2.49. The van der Waals surface area contributed by atoms with Crippen LogP contribution in [0.5, 0.6) is 0 Å². The van der Waals surface area contributed by atoms with Gasteiger partial charge in [0, 0.05) is 0 Å². The summed E-state index contributed by atoms with van der Waals surface area (Å²) < 4.78 is 0. The van der Waals surface area contributed by atoms with E-state index in [4.69, 9.17) is 28.9 Å². The van der Waals surface area contributed by atoms with Crippen LogP contribution in [0.1, 0.15) is 64.4 Å². The maximum absolute atomic E-state index is 12.4. The molecule has 0 radical (unpaired) electrons. The fraction of sp³-hybridized carbons (Fsp3) is 0.517. The van der Waals surface area contributed by atoms with Gasteiger partial charge in [0.2, 0.25) is 0 Å². The Bertz CT molecular complexity index is 1230. The highest BCUT2D eigenvalue weighted by Crippen LogP contribution is 2.67. The van der Waals surface area contributed by atoms with Crippen molar-refractivity contribution in [3.63, 3.8) is 0 Å². The van der Waals surface area contributed by atoms with E-state index in [0.717, 1.165) is 61.7 Å². The van der Waals surface area contributed by atoms with E-state index in [9.17, 15) is 15.2 Å². The fourth-order valence-electron chi connectivity index (χ4n) is 7.97. The smallest absolute Gasteiger partial charge is 0.259 e. The topological polar surface area (TPSA) is 87.1 Å². The lowest BCUT2D eigenvalue weighted by molar-refractivity contribution is -0.114. The van der Waals surface area contributed by atoms with Crippen molar-refractivity contribution in [3.05, 3.63) is 62.2 Å². The zero-order valence-corrected chi connectivity index (χ0v) is 21.8. The van der Waals surface area contributed by atoms with Gasteiger partial charge in [-0.3, -0.25) is 4.79 Å². The van der Waals surface area contributed by atoms with Gasteiger partial charge in [0.25, 0.3) is 5.91 Å². The minimum Gasteiger partial charge on any atom is -0.393 e. The summed E-state index contributed by atoms with van der Waals surface area (Å²) in [5, 5.41) is 21.2. The summed E-state index contributed by atoms with van der Waals surface area (Å²) in [7, 11) is 0. The summed E-state index contributed by atoms with van der Waals surface area (Å²) in [6.07, 6.45) is 10.6.